The molecule has 0 spiro atoms. The van der Waals surface area contributed by atoms with Crippen LogP contribution >= 0.6 is 7.82 Å². The fourth-order valence-electron chi connectivity index (χ4n) is 5.19. The first-order chi connectivity index (χ1) is 28.0. The van der Waals surface area contributed by atoms with Gasteiger partial charge in [0.1, 0.15) is 19.8 Å². The maximum absolute atomic E-state index is 12.7. The number of allylic oxidation sites excluding steroid dienone is 16. The molecule has 0 aliphatic rings. The van der Waals surface area contributed by atoms with Crippen molar-refractivity contribution < 1.29 is 42.1 Å². The van der Waals surface area contributed by atoms with Gasteiger partial charge in [0.2, 0.25) is 0 Å². The molecule has 0 heterocycles. The van der Waals surface area contributed by atoms with E-state index in [1.165, 1.54) is 25.7 Å². The Morgan fingerprint density at radius 2 is 1.02 bits per heavy atom. The summed E-state index contributed by atoms with van der Waals surface area (Å²) in [4.78, 5) is 35.3. The van der Waals surface area contributed by atoms with Gasteiger partial charge in [0.15, 0.2) is 6.10 Å². The van der Waals surface area contributed by atoms with Gasteiger partial charge in [-0.15, -0.1) is 0 Å². The van der Waals surface area contributed by atoms with E-state index in [1.807, 2.05) is 33.3 Å². The number of likely N-dealkylation sites (N-methyl/N-ethyl adjacent to an activating group) is 1. The van der Waals surface area contributed by atoms with Crippen molar-refractivity contribution in [3.8, 4) is 0 Å². The van der Waals surface area contributed by atoms with Gasteiger partial charge in [-0.25, -0.2) is 4.57 Å². The van der Waals surface area contributed by atoms with Crippen LogP contribution in [0.5, 0.6) is 0 Å². The van der Waals surface area contributed by atoms with Crippen molar-refractivity contribution in [2.75, 3.05) is 47.5 Å². The molecule has 0 aromatic heterocycles. The molecule has 0 saturated heterocycles. The number of unbranched alkanes of at least 4 members (excludes halogenated alkanes) is 8. The van der Waals surface area contributed by atoms with Crippen molar-refractivity contribution >= 4 is 19.8 Å². The maximum Gasteiger partial charge on any atom is 0.472 e. The topological polar surface area (TPSA) is 108 Å². The van der Waals surface area contributed by atoms with Crippen LogP contribution in [0.1, 0.15) is 142 Å². The van der Waals surface area contributed by atoms with Crippen LogP contribution in [0.15, 0.2) is 97.2 Å². The third-order valence-corrected chi connectivity index (χ3v) is 9.60. The zero-order valence-corrected chi connectivity index (χ0v) is 37.9. The Morgan fingerprint density at radius 3 is 1.53 bits per heavy atom. The molecule has 10 heteroatoms. The average molecular weight is 831 g/mol. The summed E-state index contributed by atoms with van der Waals surface area (Å²) < 4.78 is 34.2. The fourth-order valence-corrected chi connectivity index (χ4v) is 5.93. The fraction of sp³-hybridized carbons (Fsp3) is 0.625. The first-order valence-corrected chi connectivity index (χ1v) is 23.5. The molecule has 58 heavy (non-hydrogen) atoms. The standard InChI is InChI=1S/C48H80NO8P/c1-6-8-10-12-14-16-18-20-22-23-24-25-27-29-31-33-35-37-39-41-48(51)57-46(45-56-58(52,53)55-43-42-49(3,4)5)44-54-47(50)40-38-36-34-32-30-28-26-21-19-17-15-13-11-9-7-2/h8,10,14-17,20-22,24-26,29,31,35,37,46H,6-7,9,11-13,18-19,23,27-28,30,32-34,36,38-45H2,1-5H3/p+1/b10-8-,16-14-,17-15-,22-20-,25-24-,26-21-,31-29-,37-35-. The minimum absolute atomic E-state index is 0.0101. The largest absolute Gasteiger partial charge is 0.472 e. The van der Waals surface area contributed by atoms with E-state index in [0.717, 1.165) is 77.0 Å². The summed E-state index contributed by atoms with van der Waals surface area (Å²) in [5, 5.41) is 0. The smallest absolute Gasteiger partial charge is 0.462 e. The first kappa shape index (κ1) is 54.9. The van der Waals surface area contributed by atoms with Crippen LogP contribution in [0, 0.1) is 0 Å². The van der Waals surface area contributed by atoms with Crippen LogP contribution in [-0.2, 0) is 32.7 Å². The number of esters is 2. The van der Waals surface area contributed by atoms with Gasteiger partial charge >= 0.3 is 19.8 Å². The minimum atomic E-state index is -4.40. The molecule has 0 aliphatic heterocycles. The molecule has 0 bridgehead atoms. The molecule has 9 nitrogen and oxygen atoms in total. The lowest BCUT2D eigenvalue weighted by Gasteiger charge is -2.24. The molecule has 330 valence electrons. The Hall–Kier alpha value is -3.07. The molecule has 2 atom stereocenters. The Bertz CT molecular complexity index is 1300. The highest BCUT2D eigenvalue weighted by Crippen LogP contribution is 2.43. The number of carbonyl (C=O) groups is 2. The van der Waals surface area contributed by atoms with Gasteiger partial charge in [-0.3, -0.25) is 18.6 Å². The summed E-state index contributed by atoms with van der Waals surface area (Å²) in [6.07, 6.45) is 51.8. The third-order valence-electron chi connectivity index (χ3n) is 8.61. The van der Waals surface area contributed by atoms with Crippen LogP contribution in [0.2, 0.25) is 0 Å². The van der Waals surface area contributed by atoms with Crippen molar-refractivity contribution in [3.63, 3.8) is 0 Å². The zero-order chi connectivity index (χ0) is 42.8. The number of phosphoric ester groups is 1. The third kappa shape index (κ3) is 42.5. The minimum Gasteiger partial charge on any atom is -0.462 e. The molecule has 0 saturated carbocycles. The second kappa shape index (κ2) is 39.4. The summed E-state index contributed by atoms with van der Waals surface area (Å²) in [5.41, 5.74) is 0. The zero-order valence-electron chi connectivity index (χ0n) is 37.0. The number of hydrogen-bond acceptors (Lipinski definition) is 7. The lowest BCUT2D eigenvalue weighted by Crippen LogP contribution is -2.37. The Kier molecular flexibility index (Phi) is 37.3. The lowest BCUT2D eigenvalue weighted by atomic mass is 10.1. The number of quaternary nitrogens is 1. The highest BCUT2D eigenvalue weighted by Gasteiger charge is 2.27. The van der Waals surface area contributed by atoms with Gasteiger partial charge in [-0.2, -0.15) is 0 Å². The number of carbonyl (C=O) groups excluding carboxylic acids is 2. The number of hydrogen-bond donors (Lipinski definition) is 1. The summed E-state index contributed by atoms with van der Waals surface area (Å²) in [6.45, 7) is 4.15. The molecule has 1 N–H and O–H groups in total. The van der Waals surface area contributed by atoms with E-state index in [0.29, 0.717) is 23.9 Å². The molecule has 0 amide bonds. The first-order valence-electron chi connectivity index (χ1n) is 22.0. The van der Waals surface area contributed by atoms with E-state index < -0.39 is 32.5 Å². The predicted octanol–water partition coefficient (Wildman–Crippen LogP) is 12.6. The highest BCUT2D eigenvalue weighted by molar-refractivity contribution is 7.47. The number of rotatable bonds is 38. The van der Waals surface area contributed by atoms with Crippen LogP contribution in [0.3, 0.4) is 0 Å². The summed E-state index contributed by atoms with van der Waals surface area (Å²) >= 11 is 0. The van der Waals surface area contributed by atoms with E-state index in [1.54, 1.807) is 0 Å². The molecule has 2 unspecified atom stereocenters. The van der Waals surface area contributed by atoms with E-state index in [-0.39, 0.29) is 26.1 Å². The van der Waals surface area contributed by atoms with Crippen molar-refractivity contribution in [1.82, 2.24) is 0 Å². The van der Waals surface area contributed by atoms with Crippen LogP contribution < -0.4 is 0 Å². The molecular weight excluding hydrogens is 750 g/mol. The van der Waals surface area contributed by atoms with E-state index >= 15 is 0 Å². The molecule has 0 aromatic carbocycles. The SMILES string of the molecule is CC/C=C\C/C=C\C/C=C\C/C=C\C/C=C\C/C=C\CCC(=O)OC(COC(=O)CCCCCCC/C=C\C/C=C\CCCCC)COP(=O)(O)OCC[N+](C)(C)C. The average Bonchev–Trinajstić information content (AvgIpc) is 3.17. The van der Waals surface area contributed by atoms with Gasteiger partial charge < -0.3 is 18.9 Å². The highest BCUT2D eigenvalue weighted by atomic mass is 31.2. The van der Waals surface area contributed by atoms with E-state index in [9.17, 15) is 19.0 Å². The van der Waals surface area contributed by atoms with Gasteiger partial charge in [0.25, 0.3) is 0 Å². The lowest BCUT2D eigenvalue weighted by molar-refractivity contribution is -0.870. The predicted molar refractivity (Wildman–Crippen MR) is 242 cm³/mol. The van der Waals surface area contributed by atoms with Gasteiger partial charge in [0.05, 0.1) is 27.7 Å². The summed E-state index contributed by atoms with van der Waals surface area (Å²) in [7, 11) is 1.40. The Morgan fingerprint density at radius 1 is 0.552 bits per heavy atom. The maximum atomic E-state index is 12.7. The number of phosphoric acid groups is 1. The van der Waals surface area contributed by atoms with Crippen molar-refractivity contribution in [2.24, 2.45) is 0 Å². The van der Waals surface area contributed by atoms with Crippen LogP contribution in [0.4, 0.5) is 0 Å². The van der Waals surface area contributed by atoms with Crippen molar-refractivity contribution in [1.29, 1.82) is 0 Å². The van der Waals surface area contributed by atoms with Crippen molar-refractivity contribution in [3.05, 3.63) is 97.2 Å². The number of nitrogens with zero attached hydrogens (tertiary/aromatic N) is 1. The van der Waals surface area contributed by atoms with Gasteiger partial charge in [-0.05, 0) is 83.5 Å². The second-order valence-electron chi connectivity index (χ2n) is 15.3. The normalized spacial score (nSPS) is 14.5. The molecule has 0 radical (unpaired) electrons. The molecule has 0 aliphatic carbocycles. The van der Waals surface area contributed by atoms with E-state index in [2.05, 4.69) is 98.9 Å². The van der Waals surface area contributed by atoms with Crippen molar-refractivity contribution in [2.45, 2.75) is 148 Å². The van der Waals surface area contributed by atoms with Gasteiger partial charge in [0, 0.05) is 12.8 Å². The second-order valence-corrected chi connectivity index (χ2v) is 16.8. The Labute approximate surface area is 353 Å². The quantitative estimate of drug-likeness (QED) is 0.0215. The molecular formula is C48H81NO8P+. The Balaban J connectivity index is 4.54. The summed E-state index contributed by atoms with van der Waals surface area (Å²) in [5.74, 6) is -0.923. The van der Waals surface area contributed by atoms with Crippen LogP contribution in [0.25, 0.3) is 0 Å². The van der Waals surface area contributed by atoms with Gasteiger partial charge in [-0.1, -0.05) is 143 Å². The van der Waals surface area contributed by atoms with Crippen LogP contribution in [-0.4, -0.2) is 74.9 Å². The number of ether oxygens (including phenoxy) is 2. The monoisotopic (exact) mass is 831 g/mol. The molecule has 0 rings (SSSR count). The summed E-state index contributed by atoms with van der Waals surface area (Å²) in [6, 6.07) is 0. The van der Waals surface area contributed by atoms with E-state index in [4.69, 9.17) is 18.5 Å². The molecule has 0 fully saturated rings. The molecule has 0 aromatic rings.